The zero-order valence-corrected chi connectivity index (χ0v) is 19.4. The van der Waals surface area contributed by atoms with Crippen molar-refractivity contribution >= 4 is 5.78 Å². The van der Waals surface area contributed by atoms with Crippen LogP contribution < -0.4 is 0 Å². The Bertz CT molecular complexity index is 916. The molecule has 1 aromatic rings. The molecule has 0 aromatic carbocycles. The molecule has 5 rings (SSSR count). The van der Waals surface area contributed by atoms with Gasteiger partial charge in [-0.05, 0) is 117 Å². The number of nitrogens with zero attached hydrogens (tertiary/aromatic N) is 1. The summed E-state index contributed by atoms with van der Waals surface area (Å²) in [6.45, 7) is 6.76. The van der Waals surface area contributed by atoms with E-state index in [1.165, 1.54) is 32.1 Å². The minimum absolute atomic E-state index is 0.222. The number of fused-ring (bicyclic) bond motifs is 5. The molecular formula is C28H37NO2. The number of aromatic nitrogens is 1. The predicted octanol–water partition coefficient (Wildman–Crippen LogP) is 5.41. The van der Waals surface area contributed by atoms with Gasteiger partial charge in [-0.3, -0.25) is 4.79 Å². The van der Waals surface area contributed by atoms with Crippen LogP contribution in [0.3, 0.4) is 0 Å². The first-order chi connectivity index (χ1) is 14.8. The number of rotatable bonds is 1. The van der Waals surface area contributed by atoms with Crippen LogP contribution in [0.15, 0.2) is 24.4 Å². The molecule has 4 fully saturated rings. The number of hydrogen-bond donors (Lipinski definition) is 1. The lowest BCUT2D eigenvalue weighted by molar-refractivity contribution is -0.144. The van der Waals surface area contributed by atoms with Gasteiger partial charge in [-0.25, -0.2) is 4.98 Å². The Kier molecular flexibility index (Phi) is 5.09. The third-order valence-corrected chi connectivity index (χ3v) is 10.3. The van der Waals surface area contributed by atoms with Crippen LogP contribution in [0.1, 0.15) is 84.3 Å². The minimum Gasteiger partial charge on any atom is -0.378 e. The van der Waals surface area contributed by atoms with Crippen LogP contribution in [0.2, 0.25) is 0 Å². The van der Waals surface area contributed by atoms with Crippen molar-refractivity contribution in [1.29, 1.82) is 0 Å². The van der Waals surface area contributed by atoms with E-state index in [-0.39, 0.29) is 11.3 Å². The average Bonchev–Trinajstić information content (AvgIpc) is 3.11. The molecule has 3 heteroatoms. The summed E-state index contributed by atoms with van der Waals surface area (Å²) in [7, 11) is 0. The van der Waals surface area contributed by atoms with E-state index in [0.29, 0.717) is 23.0 Å². The Morgan fingerprint density at radius 3 is 2.58 bits per heavy atom. The number of pyridine rings is 1. The molecular weight excluding hydrogens is 382 g/mol. The molecule has 1 heterocycles. The predicted molar refractivity (Wildman–Crippen MR) is 122 cm³/mol. The summed E-state index contributed by atoms with van der Waals surface area (Å²) < 4.78 is 0. The summed E-state index contributed by atoms with van der Waals surface area (Å²) >= 11 is 0. The fourth-order valence-corrected chi connectivity index (χ4v) is 8.64. The Morgan fingerprint density at radius 1 is 1.03 bits per heavy atom. The Hall–Kier alpha value is -1.66. The summed E-state index contributed by atoms with van der Waals surface area (Å²) in [5.41, 5.74) is 0.378. The van der Waals surface area contributed by atoms with Crippen molar-refractivity contribution in [3.05, 3.63) is 30.1 Å². The first kappa shape index (κ1) is 21.2. The van der Waals surface area contributed by atoms with E-state index in [9.17, 15) is 9.90 Å². The lowest BCUT2D eigenvalue weighted by atomic mass is 9.44. The van der Waals surface area contributed by atoms with Crippen LogP contribution in [0.4, 0.5) is 0 Å². The van der Waals surface area contributed by atoms with Gasteiger partial charge in [0.05, 0.1) is 0 Å². The Balaban J connectivity index is 1.35. The van der Waals surface area contributed by atoms with Gasteiger partial charge in [0.2, 0.25) is 0 Å². The maximum atomic E-state index is 12.3. The SMILES string of the molecule is CC(=O)[C@H]1CC[C@H]2[C@@H]3CC[C@@H]4C[C@@](O)(C#Cc5ccccn5)CC[C@]4(C)[C@H]3CC[C@]12C. The summed E-state index contributed by atoms with van der Waals surface area (Å²) in [6.07, 6.45) is 11.6. The molecule has 31 heavy (non-hydrogen) atoms. The van der Waals surface area contributed by atoms with E-state index in [2.05, 4.69) is 30.7 Å². The first-order valence-electron chi connectivity index (χ1n) is 12.4. The third kappa shape index (κ3) is 3.37. The molecule has 4 aliphatic carbocycles. The van der Waals surface area contributed by atoms with Crippen LogP contribution in [0.5, 0.6) is 0 Å². The summed E-state index contributed by atoms with van der Waals surface area (Å²) in [5, 5.41) is 11.3. The number of carbonyl (C=O) groups excluding carboxylic acids is 1. The normalized spacial score (nSPS) is 46.1. The van der Waals surface area contributed by atoms with Gasteiger partial charge in [-0.2, -0.15) is 0 Å². The molecule has 1 N–H and O–H groups in total. The van der Waals surface area contributed by atoms with Gasteiger partial charge in [-0.15, -0.1) is 0 Å². The van der Waals surface area contributed by atoms with Gasteiger partial charge in [0, 0.05) is 12.1 Å². The van der Waals surface area contributed by atoms with Crippen molar-refractivity contribution in [2.24, 2.45) is 40.4 Å². The lowest BCUT2D eigenvalue weighted by Crippen LogP contribution is -2.56. The number of aliphatic hydroxyl groups is 1. The summed E-state index contributed by atoms with van der Waals surface area (Å²) in [6, 6.07) is 5.74. The van der Waals surface area contributed by atoms with E-state index < -0.39 is 5.60 Å². The van der Waals surface area contributed by atoms with Crippen molar-refractivity contribution in [3.63, 3.8) is 0 Å². The van der Waals surface area contributed by atoms with E-state index in [1.54, 1.807) is 6.20 Å². The van der Waals surface area contributed by atoms with Gasteiger partial charge < -0.3 is 5.11 Å². The van der Waals surface area contributed by atoms with Crippen molar-refractivity contribution in [2.45, 2.75) is 84.2 Å². The monoisotopic (exact) mass is 419 g/mol. The van der Waals surface area contributed by atoms with Crippen molar-refractivity contribution in [3.8, 4) is 11.8 Å². The molecule has 1 aromatic heterocycles. The standard InChI is InChI=1S/C28H37NO2/c1-19(30)23-9-10-24-22-8-7-20-18-28(31,14-11-21-6-4-5-17-29-21)16-15-26(20,2)25(22)12-13-27(23,24)3/h4-6,17,20,22-25,31H,7-10,12-13,15-16,18H2,1-3H3/t20-,22+,23-,24+,25+,26+,27-,28-/m1/s1. The van der Waals surface area contributed by atoms with E-state index in [1.807, 2.05) is 25.1 Å². The van der Waals surface area contributed by atoms with Crippen LogP contribution in [0, 0.1) is 52.3 Å². The zero-order chi connectivity index (χ0) is 21.9. The Morgan fingerprint density at radius 2 is 1.84 bits per heavy atom. The second-order valence-electron chi connectivity index (χ2n) is 11.6. The maximum Gasteiger partial charge on any atom is 0.133 e. The molecule has 0 saturated heterocycles. The van der Waals surface area contributed by atoms with Gasteiger partial charge in [0.15, 0.2) is 0 Å². The highest BCUT2D eigenvalue weighted by atomic mass is 16.3. The molecule has 0 unspecified atom stereocenters. The molecule has 0 aliphatic heterocycles. The van der Waals surface area contributed by atoms with Crippen molar-refractivity contribution in [2.75, 3.05) is 0 Å². The molecule has 4 saturated carbocycles. The molecule has 0 bridgehead atoms. The highest BCUT2D eigenvalue weighted by molar-refractivity contribution is 5.79. The summed E-state index contributed by atoms with van der Waals surface area (Å²) in [4.78, 5) is 16.6. The fourth-order valence-electron chi connectivity index (χ4n) is 8.64. The third-order valence-electron chi connectivity index (χ3n) is 10.3. The van der Waals surface area contributed by atoms with Crippen molar-refractivity contribution < 1.29 is 9.90 Å². The van der Waals surface area contributed by atoms with Gasteiger partial charge in [-0.1, -0.05) is 25.8 Å². The van der Waals surface area contributed by atoms with Gasteiger partial charge in [0.25, 0.3) is 0 Å². The fraction of sp³-hybridized carbons (Fsp3) is 0.714. The molecule has 166 valence electrons. The largest absolute Gasteiger partial charge is 0.378 e. The highest BCUT2D eigenvalue weighted by Gasteiger charge is 2.61. The topological polar surface area (TPSA) is 50.2 Å². The van der Waals surface area contributed by atoms with E-state index in [0.717, 1.165) is 43.2 Å². The molecule has 0 amide bonds. The molecule has 4 aliphatic rings. The van der Waals surface area contributed by atoms with Crippen LogP contribution in [0.25, 0.3) is 0 Å². The van der Waals surface area contributed by atoms with Gasteiger partial charge >= 0.3 is 0 Å². The quantitative estimate of drug-likeness (QED) is 0.619. The lowest BCUT2D eigenvalue weighted by Gasteiger charge is -2.61. The van der Waals surface area contributed by atoms with Crippen LogP contribution in [-0.2, 0) is 4.79 Å². The second kappa shape index (κ2) is 7.45. The van der Waals surface area contributed by atoms with Crippen LogP contribution in [-0.4, -0.2) is 21.5 Å². The number of Topliss-reactive ketones (excluding diaryl/α,β-unsaturated/α-hetero) is 1. The minimum atomic E-state index is -0.884. The van der Waals surface area contributed by atoms with Crippen LogP contribution >= 0.6 is 0 Å². The molecule has 8 atom stereocenters. The second-order valence-corrected chi connectivity index (χ2v) is 11.6. The smallest absolute Gasteiger partial charge is 0.133 e. The summed E-state index contributed by atoms with van der Waals surface area (Å²) in [5.74, 6) is 9.78. The zero-order valence-electron chi connectivity index (χ0n) is 19.4. The molecule has 0 spiro atoms. The average molecular weight is 420 g/mol. The molecule has 3 nitrogen and oxygen atoms in total. The number of carbonyl (C=O) groups is 1. The van der Waals surface area contributed by atoms with E-state index in [4.69, 9.17) is 0 Å². The number of hydrogen-bond acceptors (Lipinski definition) is 3. The molecule has 0 radical (unpaired) electrons. The first-order valence-corrected chi connectivity index (χ1v) is 12.4. The van der Waals surface area contributed by atoms with Gasteiger partial charge in [0.1, 0.15) is 17.1 Å². The maximum absolute atomic E-state index is 12.3. The van der Waals surface area contributed by atoms with E-state index >= 15 is 0 Å². The number of ketones is 1. The highest BCUT2D eigenvalue weighted by Crippen LogP contribution is 2.68. The van der Waals surface area contributed by atoms with Crippen molar-refractivity contribution in [1.82, 2.24) is 4.98 Å². The Labute approximate surface area is 187 Å².